The fourth-order valence-corrected chi connectivity index (χ4v) is 2.80. The highest BCUT2D eigenvalue weighted by molar-refractivity contribution is 5.96. The van der Waals surface area contributed by atoms with Crippen molar-refractivity contribution < 1.29 is 4.79 Å². The first-order valence-electron chi connectivity index (χ1n) is 7.06. The van der Waals surface area contributed by atoms with Crippen LogP contribution in [-0.4, -0.2) is 5.78 Å². The van der Waals surface area contributed by atoms with Crippen molar-refractivity contribution in [2.24, 2.45) is 5.92 Å². The molecule has 2 nitrogen and oxygen atoms in total. The van der Waals surface area contributed by atoms with Gasteiger partial charge in [-0.25, -0.2) is 0 Å². The second-order valence-electron chi connectivity index (χ2n) is 5.56. The van der Waals surface area contributed by atoms with Crippen molar-refractivity contribution in [3.05, 3.63) is 29.3 Å². The second-order valence-corrected chi connectivity index (χ2v) is 5.56. The number of ketones is 1. The third-order valence-electron chi connectivity index (χ3n) is 4.04. The first-order chi connectivity index (χ1) is 8.66. The molecule has 2 rings (SSSR count). The van der Waals surface area contributed by atoms with Crippen LogP contribution < -0.4 is 5.73 Å². The first kappa shape index (κ1) is 13.1. The van der Waals surface area contributed by atoms with E-state index in [0.29, 0.717) is 12.3 Å². The molecule has 0 saturated heterocycles. The van der Waals surface area contributed by atoms with Gasteiger partial charge < -0.3 is 5.73 Å². The van der Waals surface area contributed by atoms with E-state index in [4.69, 9.17) is 5.73 Å². The van der Waals surface area contributed by atoms with Gasteiger partial charge in [-0.15, -0.1) is 0 Å². The fraction of sp³-hybridized carbons (Fsp3) is 0.562. The van der Waals surface area contributed by atoms with E-state index in [-0.39, 0.29) is 5.78 Å². The van der Waals surface area contributed by atoms with Crippen LogP contribution in [0.1, 0.15) is 60.9 Å². The van der Waals surface area contributed by atoms with Gasteiger partial charge in [0, 0.05) is 17.7 Å². The maximum absolute atomic E-state index is 12.2. The molecular formula is C16H23NO. The minimum Gasteiger partial charge on any atom is -0.399 e. The van der Waals surface area contributed by atoms with E-state index < -0.39 is 0 Å². The van der Waals surface area contributed by atoms with E-state index in [9.17, 15) is 4.79 Å². The zero-order valence-corrected chi connectivity index (χ0v) is 11.2. The molecule has 2 N–H and O–H groups in total. The van der Waals surface area contributed by atoms with Crippen LogP contribution in [-0.2, 0) is 0 Å². The molecular weight excluding hydrogens is 222 g/mol. The predicted molar refractivity (Wildman–Crippen MR) is 75.7 cm³/mol. The molecule has 0 radical (unpaired) electrons. The Labute approximate surface area is 110 Å². The van der Waals surface area contributed by atoms with Crippen LogP contribution in [0.2, 0.25) is 0 Å². The summed E-state index contributed by atoms with van der Waals surface area (Å²) in [5.41, 5.74) is 8.37. The van der Waals surface area contributed by atoms with Gasteiger partial charge in [0.2, 0.25) is 0 Å². The summed E-state index contributed by atoms with van der Waals surface area (Å²) >= 11 is 0. The lowest BCUT2D eigenvalue weighted by molar-refractivity contribution is 0.0957. The quantitative estimate of drug-likeness (QED) is 0.494. The van der Waals surface area contributed by atoms with E-state index in [1.165, 1.54) is 38.5 Å². The first-order valence-corrected chi connectivity index (χ1v) is 7.06. The van der Waals surface area contributed by atoms with E-state index in [1.54, 1.807) is 0 Å². The molecule has 0 heterocycles. The number of carbonyl (C=O) groups excluding carboxylic acids is 1. The van der Waals surface area contributed by atoms with Gasteiger partial charge in [0.25, 0.3) is 0 Å². The summed E-state index contributed by atoms with van der Waals surface area (Å²) in [7, 11) is 0. The van der Waals surface area contributed by atoms with Crippen molar-refractivity contribution in [1.82, 2.24) is 0 Å². The third-order valence-corrected chi connectivity index (χ3v) is 4.04. The zero-order valence-electron chi connectivity index (χ0n) is 11.2. The number of nitrogens with two attached hydrogens (primary N) is 1. The van der Waals surface area contributed by atoms with Gasteiger partial charge >= 0.3 is 0 Å². The lowest BCUT2D eigenvalue weighted by atomic mass is 9.91. The highest BCUT2D eigenvalue weighted by atomic mass is 16.1. The number of nitrogen functional groups attached to an aromatic ring is 1. The minimum atomic E-state index is 0.282. The molecule has 0 amide bonds. The molecule has 1 aromatic rings. The van der Waals surface area contributed by atoms with Crippen molar-refractivity contribution in [1.29, 1.82) is 0 Å². The van der Waals surface area contributed by atoms with Gasteiger partial charge in [-0.05, 0) is 36.6 Å². The fourth-order valence-electron chi connectivity index (χ4n) is 2.80. The second kappa shape index (κ2) is 6.03. The molecule has 0 spiro atoms. The SMILES string of the molecule is Cc1cc(C(=O)CC2CCCCCC2)ccc1N. The molecule has 0 bridgehead atoms. The zero-order chi connectivity index (χ0) is 13.0. The normalized spacial score (nSPS) is 17.4. The van der Waals surface area contributed by atoms with E-state index in [2.05, 4.69) is 0 Å². The lowest BCUT2D eigenvalue weighted by Crippen LogP contribution is -2.09. The molecule has 1 aromatic carbocycles. The minimum absolute atomic E-state index is 0.282. The summed E-state index contributed by atoms with van der Waals surface area (Å²) in [4.78, 5) is 12.2. The van der Waals surface area contributed by atoms with Crippen molar-refractivity contribution in [3.63, 3.8) is 0 Å². The van der Waals surface area contributed by atoms with Crippen LogP contribution in [0.3, 0.4) is 0 Å². The molecule has 0 aromatic heterocycles. The lowest BCUT2D eigenvalue weighted by Gasteiger charge is -2.13. The molecule has 0 aliphatic heterocycles. The van der Waals surface area contributed by atoms with Crippen LogP contribution >= 0.6 is 0 Å². The van der Waals surface area contributed by atoms with E-state index >= 15 is 0 Å². The van der Waals surface area contributed by atoms with E-state index in [0.717, 1.165) is 16.8 Å². The molecule has 18 heavy (non-hydrogen) atoms. The van der Waals surface area contributed by atoms with Gasteiger partial charge in [-0.1, -0.05) is 38.5 Å². The van der Waals surface area contributed by atoms with Gasteiger partial charge in [0.05, 0.1) is 0 Å². The molecule has 1 aliphatic rings. The number of rotatable bonds is 3. The molecule has 2 heteroatoms. The Bertz CT molecular complexity index is 417. The molecule has 0 unspecified atom stereocenters. The Morgan fingerprint density at radius 2 is 1.89 bits per heavy atom. The number of hydrogen-bond acceptors (Lipinski definition) is 2. The highest BCUT2D eigenvalue weighted by Crippen LogP contribution is 2.27. The summed E-state index contributed by atoms with van der Waals surface area (Å²) in [5.74, 6) is 0.878. The van der Waals surface area contributed by atoms with Crippen LogP contribution in [0.25, 0.3) is 0 Å². The van der Waals surface area contributed by atoms with Crippen molar-refractivity contribution >= 4 is 11.5 Å². The maximum atomic E-state index is 12.2. The van der Waals surface area contributed by atoms with Gasteiger partial charge in [-0.2, -0.15) is 0 Å². The third kappa shape index (κ3) is 3.34. The van der Waals surface area contributed by atoms with Crippen molar-refractivity contribution in [2.45, 2.75) is 51.9 Å². The van der Waals surface area contributed by atoms with Crippen LogP contribution in [0.5, 0.6) is 0 Å². The Balaban J connectivity index is 1.99. The monoisotopic (exact) mass is 245 g/mol. The average molecular weight is 245 g/mol. The summed E-state index contributed by atoms with van der Waals surface area (Å²) in [6, 6.07) is 5.63. The van der Waals surface area contributed by atoms with Crippen LogP contribution in [0.15, 0.2) is 18.2 Å². The van der Waals surface area contributed by atoms with Gasteiger partial charge in [-0.3, -0.25) is 4.79 Å². The number of carbonyl (C=O) groups is 1. The molecule has 1 fully saturated rings. The molecule has 1 saturated carbocycles. The standard InChI is InChI=1S/C16H23NO/c1-12-10-14(8-9-15(12)17)16(18)11-13-6-4-2-3-5-7-13/h8-10,13H,2-7,11,17H2,1H3. The van der Waals surface area contributed by atoms with Crippen LogP contribution in [0, 0.1) is 12.8 Å². The Morgan fingerprint density at radius 3 is 2.50 bits per heavy atom. The van der Waals surface area contributed by atoms with Crippen LogP contribution in [0.4, 0.5) is 5.69 Å². The Morgan fingerprint density at radius 1 is 1.22 bits per heavy atom. The maximum Gasteiger partial charge on any atom is 0.163 e. The van der Waals surface area contributed by atoms with Gasteiger partial charge in [0.1, 0.15) is 0 Å². The summed E-state index contributed by atoms with van der Waals surface area (Å²) in [5, 5.41) is 0. The summed E-state index contributed by atoms with van der Waals surface area (Å²) in [6.45, 7) is 1.96. The largest absolute Gasteiger partial charge is 0.399 e. The molecule has 0 atom stereocenters. The Kier molecular flexibility index (Phi) is 4.40. The molecule has 98 valence electrons. The number of Topliss-reactive ketones (excluding diaryl/α,β-unsaturated/α-hetero) is 1. The summed E-state index contributed by atoms with van der Waals surface area (Å²) in [6.07, 6.45) is 8.41. The highest BCUT2D eigenvalue weighted by Gasteiger charge is 2.17. The number of hydrogen-bond donors (Lipinski definition) is 1. The van der Waals surface area contributed by atoms with E-state index in [1.807, 2.05) is 25.1 Å². The summed E-state index contributed by atoms with van der Waals surface area (Å²) < 4.78 is 0. The number of aryl methyl sites for hydroxylation is 1. The topological polar surface area (TPSA) is 43.1 Å². The van der Waals surface area contributed by atoms with Gasteiger partial charge in [0.15, 0.2) is 5.78 Å². The number of benzene rings is 1. The Hall–Kier alpha value is -1.31. The van der Waals surface area contributed by atoms with Crippen molar-refractivity contribution in [2.75, 3.05) is 5.73 Å². The molecule has 1 aliphatic carbocycles. The number of anilines is 1. The predicted octanol–water partition coefficient (Wildman–Crippen LogP) is 4.12. The smallest absolute Gasteiger partial charge is 0.163 e. The average Bonchev–Trinajstić information content (AvgIpc) is 2.61. The van der Waals surface area contributed by atoms with Crippen molar-refractivity contribution in [3.8, 4) is 0 Å².